The number of H-pyrrole nitrogens is 1. The van der Waals surface area contributed by atoms with Crippen LogP contribution in [0.4, 0.5) is 0 Å². The summed E-state index contributed by atoms with van der Waals surface area (Å²) in [6, 6.07) is 9.36. The molecule has 148 valence electrons. The van der Waals surface area contributed by atoms with Gasteiger partial charge in [-0.15, -0.1) is 0 Å². The number of halogens is 2. The Kier molecular flexibility index (Phi) is 5.42. The Labute approximate surface area is 176 Å². The van der Waals surface area contributed by atoms with Crippen molar-refractivity contribution in [3.8, 4) is 28.6 Å². The lowest BCUT2D eigenvalue weighted by atomic mass is 10.1. The second-order valence-corrected chi connectivity index (χ2v) is 6.76. The van der Waals surface area contributed by atoms with Crippen LogP contribution in [0.15, 0.2) is 42.7 Å². The van der Waals surface area contributed by atoms with E-state index < -0.39 is 0 Å². The van der Waals surface area contributed by atoms with E-state index in [0.29, 0.717) is 40.0 Å². The number of benzene rings is 1. The van der Waals surface area contributed by atoms with Crippen LogP contribution in [0.1, 0.15) is 5.56 Å². The molecule has 3 heterocycles. The zero-order chi connectivity index (χ0) is 20.4. The van der Waals surface area contributed by atoms with Gasteiger partial charge in [0, 0.05) is 23.5 Å². The molecule has 0 unspecified atom stereocenters. The van der Waals surface area contributed by atoms with E-state index in [1.165, 1.54) is 7.11 Å². The Hall–Kier alpha value is -3.03. The molecule has 0 fully saturated rings. The molecule has 0 aliphatic heterocycles. The molecular formula is C20H16Cl2N4O3. The Morgan fingerprint density at radius 1 is 0.931 bits per heavy atom. The first-order valence-corrected chi connectivity index (χ1v) is 9.35. The number of rotatable bonds is 6. The largest absolute Gasteiger partial charge is 0.497 e. The number of fused-ring (bicyclic) bond motifs is 1. The smallest absolute Gasteiger partial charge is 0.232 e. The standard InChI is InChI=1S/C20H16Cl2N4O3/c1-27-12-5-3-11(4-6-12)10-29-18-15-14(9-24-17(15)25-20(22)26-18)13-7-8-23-19(28-2)16(13)21/h3-9H,10H2,1-2H3,(H,24,25,26). The summed E-state index contributed by atoms with van der Waals surface area (Å²) in [4.78, 5) is 15.7. The van der Waals surface area contributed by atoms with Crippen LogP contribution >= 0.6 is 23.2 Å². The molecule has 0 spiro atoms. The number of methoxy groups -OCH3 is 2. The second-order valence-electron chi connectivity index (χ2n) is 6.04. The molecule has 1 N–H and O–H groups in total. The third-order valence-corrected chi connectivity index (χ3v) is 4.88. The summed E-state index contributed by atoms with van der Waals surface area (Å²) in [7, 11) is 3.14. The number of nitrogens with one attached hydrogen (secondary N) is 1. The number of hydrogen-bond acceptors (Lipinski definition) is 6. The Balaban J connectivity index is 1.75. The highest BCUT2D eigenvalue weighted by molar-refractivity contribution is 6.35. The van der Waals surface area contributed by atoms with Crippen LogP contribution in [0, 0.1) is 0 Å². The number of aromatic nitrogens is 4. The van der Waals surface area contributed by atoms with Crippen molar-refractivity contribution in [3.63, 3.8) is 0 Å². The molecular weight excluding hydrogens is 415 g/mol. The van der Waals surface area contributed by atoms with Crippen molar-refractivity contribution in [2.24, 2.45) is 0 Å². The fourth-order valence-electron chi connectivity index (χ4n) is 2.94. The van der Waals surface area contributed by atoms with Gasteiger partial charge in [-0.2, -0.15) is 9.97 Å². The number of nitrogens with zero attached hydrogens (tertiary/aromatic N) is 3. The van der Waals surface area contributed by atoms with Crippen LogP contribution in [0.3, 0.4) is 0 Å². The highest BCUT2D eigenvalue weighted by Gasteiger charge is 2.19. The Bertz CT molecular complexity index is 1160. The maximum atomic E-state index is 6.46. The average Bonchev–Trinajstić information content (AvgIpc) is 3.16. The van der Waals surface area contributed by atoms with Gasteiger partial charge in [0.25, 0.3) is 0 Å². The molecule has 0 amide bonds. The monoisotopic (exact) mass is 430 g/mol. The lowest BCUT2D eigenvalue weighted by Crippen LogP contribution is -2.00. The molecule has 9 heteroatoms. The van der Waals surface area contributed by atoms with Crippen molar-refractivity contribution < 1.29 is 14.2 Å². The van der Waals surface area contributed by atoms with Crippen molar-refractivity contribution in [2.75, 3.05) is 14.2 Å². The van der Waals surface area contributed by atoms with Crippen molar-refractivity contribution in [1.29, 1.82) is 0 Å². The van der Waals surface area contributed by atoms with Crippen molar-refractivity contribution >= 4 is 34.2 Å². The quantitative estimate of drug-likeness (QED) is 0.437. The zero-order valence-electron chi connectivity index (χ0n) is 15.6. The van der Waals surface area contributed by atoms with E-state index in [9.17, 15) is 0 Å². The van der Waals surface area contributed by atoms with Gasteiger partial charge >= 0.3 is 0 Å². The molecule has 1 aromatic carbocycles. The van der Waals surface area contributed by atoms with Gasteiger partial charge in [0.1, 0.15) is 23.0 Å². The number of pyridine rings is 1. The minimum absolute atomic E-state index is 0.0778. The van der Waals surface area contributed by atoms with E-state index in [1.807, 2.05) is 24.3 Å². The maximum Gasteiger partial charge on any atom is 0.232 e. The van der Waals surface area contributed by atoms with E-state index in [1.54, 1.807) is 25.6 Å². The summed E-state index contributed by atoms with van der Waals surface area (Å²) in [5.41, 5.74) is 2.96. The summed E-state index contributed by atoms with van der Waals surface area (Å²) in [5, 5.41) is 1.12. The predicted molar refractivity (Wildman–Crippen MR) is 111 cm³/mol. The van der Waals surface area contributed by atoms with Crippen molar-refractivity contribution in [1.82, 2.24) is 19.9 Å². The molecule has 0 saturated heterocycles. The summed E-state index contributed by atoms with van der Waals surface area (Å²) in [6.45, 7) is 0.296. The molecule has 0 radical (unpaired) electrons. The molecule has 0 aliphatic rings. The van der Waals surface area contributed by atoms with Crippen LogP contribution in [0.5, 0.6) is 17.5 Å². The number of ether oxygens (including phenoxy) is 3. The van der Waals surface area contributed by atoms with Gasteiger partial charge in [-0.3, -0.25) is 0 Å². The summed E-state index contributed by atoms with van der Waals surface area (Å²) in [6.07, 6.45) is 3.39. The number of aromatic amines is 1. The Morgan fingerprint density at radius 2 is 1.72 bits per heavy atom. The average molecular weight is 431 g/mol. The third kappa shape index (κ3) is 3.79. The van der Waals surface area contributed by atoms with Gasteiger partial charge in [-0.25, -0.2) is 4.98 Å². The van der Waals surface area contributed by atoms with Crippen molar-refractivity contribution in [3.05, 3.63) is 58.6 Å². The Morgan fingerprint density at radius 3 is 2.45 bits per heavy atom. The molecule has 4 aromatic rings. The minimum Gasteiger partial charge on any atom is -0.497 e. The molecule has 4 rings (SSSR count). The van der Waals surface area contributed by atoms with Crippen LogP contribution < -0.4 is 14.2 Å². The van der Waals surface area contributed by atoms with E-state index in [2.05, 4.69) is 19.9 Å². The lowest BCUT2D eigenvalue weighted by Gasteiger charge is -2.10. The van der Waals surface area contributed by atoms with Gasteiger partial charge in [-0.05, 0) is 35.4 Å². The van der Waals surface area contributed by atoms with Crippen LogP contribution in [-0.4, -0.2) is 34.2 Å². The van der Waals surface area contributed by atoms with Crippen molar-refractivity contribution in [2.45, 2.75) is 6.61 Å². The van der Waals surface area contributed by atoms with Crippen LogP contribution in [-0.2, 0) is 6.61 Å². The van der Waals surface area contributed by atoms with E-state index in [0.717, 1.165) is 16.9 Å². The van der Waals surface area contributed by atoms with E-state index >= 15 is 0 Å². The summed E-state index contributed by atoms with van der Waals surface area (Å²) in [5.74, 6) is 1.45. The second kappa shape index (κ2) is 8.14. The van der Waals surface area contributed by atoms with Gasteiger partial charge in [0.2, 0.25) is 17.0 Å². The molecule has 0 aliphatic carbocycles. The topological polar surface area (TPSA) is 82.2 Å². The molecule has 29 heavy (non-hydrogen) atoms. The lowest BCUT2D eigenvalue weighted by molar-refractivity contribution is 0.297. The van der Waals surface area contributed by atoms with Gasteiger partial charge in [0.05, 0.1) is 19.6 Å². The minimum atomic E-state index is 0.0778. The maximum absolute atomic E-state index is 6.46. The van der Waals surface area contributed by atoms with E-state index in [-0.39, 0.29) is 5.28 Å². The summed E-state index contributed by atoms with van der Waals surface area (Å²) < 4.78 is 16.4. The first-order chi connectivity index (χ1) is 14.1. The van der Waals surface area contributed by atoms with Crippen LogP contribution in [0.2, 0.25) is 10.3 Å². The van der Waals surface area contributed by atoms with E-state index in [4.69, 9.17) is 37.4 Å². The van der Waals surface area contributed by atoms with Gasteiger partial charge in [0.15, 0.2) is 0 Å². The SMILES string of the molecule is COc1ccc(COc2nc(Cl)nc3[nH]cc(-c4ccnc(OC)c4Cl)c23)cc1. The van der Waals surface area contributed by atoms with Gasteiger partial charge in [-0.1, -0.05) is 23.7 Å². The fraction of sp³-hybridized carbons (Fsp3) is 0.150. The first kappa shape index (κ1) is 19.3. The molecule has 0 atom stereocenters. The first-order valence-electron chi connectivity index (χ1n) is 8.60. The molecule has 0 saturated carbocycles. The molecule has 7 nitrogen and oxygen atoms in total. The normalized spacial score (nSPS) is 10.9. The summed E-state index contributed by atoms with van der Waals surface area (Å²) >= 11 is 12.5. The highest BCUT2D eigenvalue weighted by Crippen LogP contribution is 2.40. The highest BCUT2D eigenvalue weighted by atomic mass is 35.5. The van der Waals surface area contributed by atoms with Crippen LogP contribution in [0.25, 0.3) is 22.2 Å². The zero-order valence-corrected chi connectivity index (χ0v) is 17.1. The van der Waals surface area contributed by atoms with Gasteiger partial charge < -0.3 is 19.2 Å². The molecule has 3 aromatic heterocycles. The predicted octanol–water partition coefficient (Wildman–Crippen LogP) is 4.92. The molecule has 0 bridgehead atoms. The fourth-order valence-corrected chi connectivity index (χ4v) is 3.39. The number of hydrogen-bond donors (Lipinski definition) is 1. The third-order valence-electron chi connectivity index (χ3n) is 4.35.